The number of aromatic nitrogens is 1. The molecule has 1 aliphatic rings. The van der Waals surface area contributed by atoms with Gasteiger partial charge in [-0.05, 0) is 85.4 Å². The third kappa shape index (κ3) is 3.52. The van der Waals surface area contributed by atoms with Crippen LogP contribution in [0.1, 0.15) is 27.7 Å². The number of hydrogen-bond donors (Lipinski definition) is 0. The molecule has 0 unspecified atom stereocenters. The van der Waals surface area contributed by atoms with Gasteiger partial charge in [-0.1, -0.05) is 78.9 Å². The maximum absolute atomic E-state index is 6.41. The van der Waals surface area contributed by atoms with Gasteiger partial charge in [0.05, 0.1) is 22.2 Å². The average molecular weight is 495 g/mol. The second-order valence-electron chi connectivity index (χ2n) is 11.3. The Labute approximate surface area is 223 Å². The summed E-state index contributed by atoms with van der Waals surface area (Å²) in [5.41, 5.74) is 6.23. The monoisotopic (exact) mass is 495 g/mol. The smallest absolute Gasteiger partial charge is 0.399 e. The molecule has 0 N–H and O–H groups in total. The number of para-hydroxylation sites is 1. The molecule has 0 radical (unpaired) electrons. The third-order valence-corrected chi connectivity index (χ3v) is 8.43. The van der Waals surface area contributed by atoms with Crippen LogP contribution < -0.4 is 5.46 Å². The fourth-order valence-corrected chi connectivity index (χ4v) is 5.67. The van der Waals surface area contributed by atoms with Crippen molar-refractivity contribution >= 4 is 45.2 Å². The molecule has 3 nitrogen and oxygen atoms in total. The molecule has 4 heteroatoms. The number of fused-ring (bicyclic) bond motifs is 4. The van der Waals surface area contributed by atoms with Gasteiger partial charge in [0.2, 0.25) is 0 Å². The fraction of sp³-hybridized carbons (Fsp3) is 0.176. The second kappa shape index (κ2) is 8.32. The minimum atomic E-state index is -0.402. The topological polar surface area (TPSA) is 23.4 Å². The molecule has 186 valence electrons. The predicted octanol–water partition coefficient (Wildman–Crippen LogP) is 7.90. The largest absolute Gasteiger partial charge is 0.494 e. The summed E-state index contributed by atoms with van der Waals surface area (Å²) in [4.78, 5) is 0. The minimum Gasteiger partial charge on any atom is -0.399 e. The second-order valence-corrected chi connectivity index (χ2v) is 11.3. The van der Waals surface area contributed by atoms with E-state index in [1.165, 1.54) is 43.7 Å². The molecular weight excluding hydrogens is 465 g/mol. The van der Waals surface area contributed by atoms with Crippen LogP contribution in [0.25, 0.3) is 49.4 Å². The fourth-order valence-electron chi connectivity index (χ4n) is 5.67. The zero-order valence-electron chi connectivity index (χ0n) is 22.2. The highest BCUT2D eigenvalue weighted by atomic mass is 16.7. The minimum absolute atomic E-state index is 0.383. The quantitative estimate of drug-likeness (QED) is 0.233. The predicted molar refractivity (Wildman–Crippen MR) is 159 cm³/mol. The summed E-state index contributed by atoms with van der Waals surface area (Å²) in [7, 11) is -0.402. The van der Waals surface area contributed by atoms with Crippen molar-refractivity contribution in [3.8, 4) is 16.8 Å². The molecule has 1 saturated heterocycles. The standard InChI is InChI=1S/C34H30BNO2/c1-33(2)34(3,4)38-35(37-33)25-18-20-32-30(22-25)29-21-24(28-16-10-12-23-11-8-9-15-27(23)28)17-19-31(29)36(32)26-13-6-5-7-14-26/h5-22H,1-4H3. The van der Waals surface area contributed by atoms with Crippen LogP contribution in [-0.4, -0.2) is 22.9 Å². The van der Waals surface area contributed by atoms with E-state index in [4.69, 9.17) is 9.31 Å². The van der Waals surface area contributed by atoms with Crippen molar-refractivity contribution in [3.63, 3.8) is 0 Å². The number of benzene rings is 5. The van der Waals surface area contributed by atoms with E-state index in [1.54, 1.807) is 0 Å². The number of nitrogens with zero attached hydrogens (tertiary/aromatic N) is 1. The van der Waals surface area contributed by atoms with Gasteiger partial charge in [-0.3, -0.25) is 0 Å². The highest BCUT2D eigenvalue weighted by molar-refractivity contribution is 6.62. The van der Waals surface area contributed by atoms with Gasteiger partial charge in [0.15, 0.2) is 0 Å². The summed E-state index contributed by atoms with van der Waals surface area (Å²) in [5, 5.41) is 4.92. The molecule has 1 aliphatic heterocycles. The van der Waals surface area contributed by atoms with Crippen molar-refractivity contribution in [2.75, 3.05) is 0 Å². The van der Waals surface area contributed by atoms with Crippen LogP contribution in [0.15, 0.2) is 109 Å². The van der Waals surface area contributed by atoms with Gasteiger partial charge in [0, 0.05) is 16.5 Å². The maximum Gasteiger partial charge on any atom is 0.494 e. The van der Waals surface area contributed by atoms with E-state index in [2.05, 4.69) is 141 Å². The molecule has 0 atom stereocenters. The van der Waals surface area contributed by atoms with Crippen LogP contribution in [0.4, 0.5) is 0 Å². The molecule has 6 aromatic rings. The molecule has 0 amide bonds. The summed E-state index contributed by atoms with van der Waals surface area (Å²) in [6.45, 7) is 8.40. The molecule has 0 bridgehead atoms. The first kappa shape index (κ1) is 23.3. The summed E-state index contributed by atoms with van der Waals surface area (Å²) >= 11 is 0. The first-order valence-corrected chi connectivity index (χ1v) is 13.3. The first-order valence-electron chi connectivity index (χ1n) is 13.3. The van der Waals surface area contributed by atoms with Crippen LogP contribution in [0.3, 0.4) is 0 Å². The van der Waals surface area contributed by atoms with Gasteiger partial charge in [-0.15, -0.1) is 0 Å². The highest BCUT2D eigenvalue weighted by Gasteiger charge is 2.51. The maximum atomic E-state index is 6.41. The lowest BCUT2D eigenvalue weighted by Gasteiger charge is -2.32. The lowest BCUT2D eigenvalue weighted by atomic mass is 9.78. The summed E-state index contributed by atoms with van der Waals surface area (Å²) < 4.78 is 15.2. The van der Waals surface area contributed by atoms with E-state index < -0.39 is 7.12 Å². The van der Waals surface area contributed by atoms with Gasteiger partial charge in [-0.25, -0.2) is 0 Å². The van der Waals surface area contributed by atoms with Gasteiger partial charge in [0.1, 0.15) is 0 Å². The van der Waals surface area contributed by atoms with Gasteiger partial charge < -0.3 is 13.9 Å². The van der Waals surface area contributed by atoms with Crippen LogP contribution in [0, 0.1) is 0 Å². The molecule has 1 fully saturated rings. The Morgan fingerprint density at radius 2 is 1.21 bits per heavy atom. The third-order valence-electron chi connectivity index (χ3n) is 8.43. The van der Waals surface area contributed by atoms with Gasteiger partial charge in [-0.2, -0.15) is 0 Å². The molecule has 0 aliphatic carbocycles. The zero-order valence-corrected chi connectivity index (χ0v) is 22.2. The Balaban J connectivity index is 1.47. The lowest BCUT2D eigenvalue weighted by Crippen LogP contribution is -2.41. The van der Waals surface area contributed by atoms with Crippen molar-refractivity contribution in [3.05, 3.63) is 109 Å². The Hall–Kier alpha value is -3.86. The van der Waals surface area contributed by atoms with Crippen molar-refractivity contribution < 1.29 is 9.31 Å². The highest BCUT2D eigenvalue weighted by Crippen LogP contribution is 2.39. The molecule has 0 spiro atoms. The van der Waals surface area contributed by atoms with Crippen molar-refractivity contribution in [2.45, 2.75) is 38.9 Å². The van der Waals surface area contributed by atoms with Crippen molar-refractivity contribution in [1.82, 2.24) is 4.57 Å². The van der Waals surface area contributed by atoms with E-state index in [0.717, 1.165) is 11.2 Å². The number of rotatable bonds is 3. The lowest BCUT2D eigenvalue weighted by molar-refractivity contribution is 0.00578. The molecule has 7 rings (SSSR count). The Kier molecular flexibility index (Phi) is 5.10. The van der Waals surface area contributed by atoms with Gasteiger partial charge >= 0.3 is 7.12 Å². The number of hydrogen-bond acceptors (Lipinski definition) is 2. The summed E-state index contributed by atoms with van der Waals surface area (Å²) in [6.07, 6.45) is 0. The van der Waals surface area contributed by atoms with Gasteiger partial charge in [0.25, 0.3) is 0 Å². The summed E-state index contributed by atoms with van der Waals surface area (Å²) in [5.74, 6) is 0. The first-order chi connectivity index (χ1) is 18.3. The SMILES string of the molecule is CC1(C)OB(c2ccc3c(c2)c2cc(-c4cccc5ccccc45)ccc2n3-c2ccccc2)OC1(C)C. The van der Waals surface area contributed by atoms with Crippen LogP contribution in [-0.2, 0) is 9.31 Å². The zero-order chi connectivity index (χ0) is 26.1. The van der Waals surface area contributed by atoms with Crippen molar-refractivity contribution in [2.24, 2.45) is 0 Å². The molecule has 0 saturated carbocycles. The Morgan fingerprint density at radius 1 is 0.579 bits per heavy atom. The summed E-state index contributed by atoms with van der Waals surface area (Å²) in [6, 6.07) is 39.2. The average Bonchev–Trinajstić information content (AvgIpc) is 3.37. The van der Waals surface area contributed by atoms with Crippen LogP contribution in [0.5, 0.6) is 0 Å². The Bertz CT molecular complexity index is 1810. The van der Waals surface area contributed by atoms with E-state index in [0.29, 0.717) is 0 Å². The molecule has 5 aromatic carbocycles. The normalized spacial score (nSPS) is 16.6. The van der Waals surface area contributed by atoms with Crippen molar-refractivity contribution in [1.29, 1.82) is 0 Å². The molecular formula is C34H30BNO2. The van der Waals surface area contributed by atoms with Crippen LogP contribution in [0.2, 0.25) is 0 Å². The molecule has 2 heterocycles. The van der Waals surface area contributed by atoms with Crippen LogP contribution >= 0.6 is 0 Å². The van der Waals surface area contributed by atoms with E-state index in [9.17, 15) is 0 Å². The van der Waals surface area contributed by atoms with E-state index in [-0.39, 0.29) is 11.2 Å². The molecule has 38 heavy (non-hydrogen) atoms. The molecule has 1 aromatic heterocycles. The van der Waals surface area contributed by atoms with E-state index in [1.807, 2.05) is 0 Å². The Morgan fingerprint density at radius 3 is 1.97 bits per heavy atom. The van der Waals surface area contributed by atoms with E-state index >= 15 is 0 Å².